The first kappa shape index (κ1) is 11.4. The lowest BCUT2D eigenvalue weighted by atomic mass is 10.3. The highest BCUT2D eigenvalue weighted by molar-refractivity contribution is 5.84. The van der Waals surface area contributed by atoms with Gasteiger partial charge in [0.25, 0.3) is 0 Å². The number of rotatable bonds is 3. The molecule has 2 aliphatic heterocycles. The van der Waals surface area contributed by atoms with Crippen molar-refractivity contribution in [3.8, 4) is 0 Å². The summed E-state index contributed by atoms with van der Waals surface area (Å²) in [6.45, 7) is 2.99. The Hall–Kier alpha value is -1.10. The predicted octanol–water partition coefficient (Wildman–Crippen LogP) is -0.441. The van der Waals surface area contributed by atoms with Gasteiger partial charge in [0, 0.05) is 32.6 Å². The van der Waals surface area contributed by atoms with Crippen LogP contribution in [0.1, 0.15) is 25.7 Å². The Kier molecular flexibility index (Phi) is 3.43. The van der Waals surface area contributed by atoms with Crippen LogP contribution < -0.4 is 5.73 Å². The molecule has 0 aromatic heterocycles. The van der Waals surface area contributed by atoms with E-state index in [2.05, 4.69) is 0 Å². The van der Waals surface area contributed by atoms with Crippen LogP contribution in [0, 0.1) is 0 Å². The molecule has 5 heteroatoms. The van der Waals surface area contributed by atoms with Gasteiger partial charge in [-0.2, -0.15) is 0 Å². The molecule has 2 fully saturated rings. The maximum atomic E-state index is 11.7. The Bertz CT molecular complexity index is 287. The van der Waals surface area contributed by atoms with Gasteiger partial charge in [0.1, 0.15) is 0 Å². The number of amides is 2. The lowest BCUT2D eigenvalue weighted by Gasteiger charge is -2.19. The Morgan fingerprint density at radius 3 is 2.56 bits per heavy atom. The van der Waals surface area contributed by atoms with Crippen LogP contribution >= 0.6 is 0 Å². The summed E-state index contributed by atoms with van der Waals surface area (Å²) < 4.78 is 0. The van der Waals surface area contributed by atoms with Crippen molar-refractivity contribution in [1.29, 1.82) is 0 Å². The van der Waals surface area contributed by atoms with Crippen LogP contribution in [0.4, 0.5) is 0 Å². The molecular formula is C11H19N3O2. The largest absolute Gasteiger partial charge is 0.343 e. The molecule has 0 aliphatic carbocycles. The summed E-state index contributed by atoms with van der Waals surface area (Å²) in [4.78, 5) is 26.9. The van der Waals surface area contributed by atoms with E-state index in [1.165, 1.54) is 0 Å². The quantitative estimate of drug-likeness (QED) is 0.708. The van der Waals surface area contributed by atoms with Crippen LogP contribution in [0.5, 0.6) is 0 Å². The molecule has 0 saturated carbocycles. The first-order valence-corrected chi connectivity index (χ1v) is 6.00. The van der Waals surface area contributed by atoms with Crippen molar-refractivity contribution in [3.05, 3.63) is 0 Å². The SMILES string of the molecule is NC1CCN(CCC(=O)N2CCCC2)C1=O. The third kappa shape index (κ3) is 2.35. The van der Waals surface area contributed by atoms with Crippen molar-refractivity contribution in [2.45, 2.75) is 31.7 Å². The van der Waals surface area contributed by atoms with Gasteiger partial charge in [0.05, 0.1) is 6.04 Å². The van der Waals surface area contributed by atoms with E-state index in [9.17, 15) is 9.59 Å². The molecule has 5 nitrogen and oxygen atoms in total. The first-order valence-electron chi connectivity index (χ1n) is 6.00. The summed E-state index contributed by atoms with van der Waals surface area (Å²) >= 11 is 0. The monoisotopic (exact) mass is 225 g/mol. The molecule has 0 aromatic carbocycles. The molecule has 0 aromatic rings. The Balaban J connectivity index is 1.74. The van der Waals surface area contributed by atoms with Gasteiger partial charge in [-0.05, 0) is 19.3 Å². The van der Waals surface area contributed by atoms with E-state index in [4.69, 9.17) is 5.73 Å². The van der Waals surface area contributed by atoms with Crippen LogP contribution in [0.2, 0.25) is 0 Å². The molecule has 2 saturated heterocycles. The summed E-state index contributed by atoms with van der Waals surface area (Å²) in [5.74, 6) is 0.167. The second kappa shape index (κ2) is 4.82. The lowest BCUT2D eigenvalue weighted by Crippen LogP contribution is -2.37. The number of nitrogens with two attached hydrogens (primary N) is 1. The number of carbonyl (C=O) groups is 2. The van der Waals surface area contributed by atoms with Gasteiger partial charge in [-0.25, -0.2) is 0 Å². The summed E-state index contributed by atoms with van der Waals surface area (Å²) in [6.07, 6.45) is 3.38. The molecule has 2 rings (SSSR count). The van der Waals surface area contributed by atoms with Crippen LogP contribution in [-0.2, 0) is 9.59 Å². The molecule has 0 bridgehead atoms. The summed E-state index contributed by atoms with van der Waals surface area (Å²) in [5, 5.41) is 0. The molecule has 16 heavy (non-hydrogen) atoms. The fourth-order valence-corrected chi connectivity index (χ4v) is 2.34. The van der Waals surface area contributed by atoms with E-state index in [0.29, 0.717) is 19.5 Å². The zero-order chi connectivity index (χ0) is 11.5. The molecule has 90 valence electrons. The van der Waals surface area contributed by atoms with E-state index in [-0.39, 0.29) is 17.9 Å². The van der Waals surface area contributed by atoms with Gasteiger partial charge < -0.3 is 15.5 Å². The van der Waals surface area contributed by atoms with Gasteiger partial charge in [0.2, 0.25) is 11.8 Å². The molecule has 1 unspecified atom stereocenters. The van der Waals surface area contributed by atoms with E-state index >= 15 is 0 Å². The second-order valence-corrected chi connectivity index (χ2v) is 4.56. The van der Waals surface area contributed by atoms with Crippen molar-refractivity contribution < 1.29 is 9.59 Å². The number of likely N-dealkylation sites (tertiary alicyclic amines) is 2. The number of hydrogen-bond acceptors (Lipinski definition) is 3. The average Bonchev–Trinajstić information content (AvgIpc) is 2.89. The van der Waals surface area contributed by atoms with Crippen molar-refractivity contribution in [1.82, 2.24) is 9.80 Å². The van der Waals surface area contributed by atoms with E-state index < -0.39 is 0 Å². The van der Waals surface area contributed by atoms with Crippen LogP contribution in [-0.4, -0.2) is 53.8 Å². The average molecular weight is 225 g/mol. The fraction of sp³-hybridized carbons (Fsp3) is 0.818. The minimum atomic E-state index is -0.345. The number of nitrogens with zero attached hydrogens (tertiary/aromatic N) is 2. The van der Waals surface area contributed by atoms with Crippen molar-refractivity contribution in [3.63, 3.8) is 0 Å². The zero-order valence-corrected chi connectivity index (χ0v) is 9.52. The topological polar surface area (TPSA) is 66.6 Å². The maximum absolute atomic E-state index is 11.7. The van der Waals surface area contributed by atoms with Crippen LogP contribution in [0.15, 0.2) is 0 Å². The summed E-state index contributed by atoms with van der Waals surface area (Å²) in [7, 11) is 0. The Morgan fingerprint density at radius 1 is 1.31 bits per heavy atom. The Morgan fingerprint density at radius 2 is 2.00 bits per heavy atom. The predicted molar refractivity (Wildman–Crippen MR) is 59.6 cm³/mol. The number of carbonyl (C=O) groups excluding carboxylic acids is 2. The summed E-state index contributed by atoms with van der Waals surface area (Å²) in [5.41, 5.74) is 5.61. The van der Waals surface area contributed by atoms with Crippen molar-refractivity contribution in [2.75, 3.05) is 26.2 Å². The molecule has 0 radical (unpaired) electrons. The Labute approximate surface area is 95.6 Å². The standard InChI is InChI=1S/C11H19N3O2/c12-9-3-7-14(11(9)16)8-4-10(15)13-5-1-2-6-13/h9H,1-8,12H2. The maximum Gasteiger partial charge on any atom is 0.239 e. The molecular weight excluding hydrogens is 206 g/mol. The highest BCUT2D eigenvalue weighted by Crippen LogP contribution is 2.12. The van der Waals surface area contributed by atoms with Gasteiger partial charge in [-0.1, -0.05) is 0 Å². The van der Waals surface area contributed by atoms with Gasteiger partial charge in [-0.3, -0.25) is 9.59 Å². The smallest absolute Gasteiger partial charge is 0.239 e. The molecule has 0 spiro atoms. The third-order valence-corrected chi connectivity index (χ3v) is 3.39. The first-order chi connectivity index (χ1) is 7.68. The molecule has 2 N–H and O–H groups in total. The van der Waals surface area contributed by atoms with E-state index in [0.717, 1.165) is 32.4 Å². The normalized spacial score (nSPS) is 25.6. The van der Waals surface area contributed by atoms with Crippen LogP contribution in [0.3, 0.4) is 0 Å². The highest BCUT2D eigenvalue weighted by Gasteiger charge is 2.29. The van der Waals surface area contributed by atoms with Crippen molar-refractivity contribution >= 4 is 11.8 Å². The third-order valence-electron chi connectivity index (χ3n) is 3.39. The molecule has 1 atom stereocenters. The lowest BCUT2D eigenvalue weighted by molar-refractivity contribution is -0.132. The number of hydrogen-bond donors (Lipinski definition) is 1. The fourth-order valence-electron chi connectivity index (χ4n) is 2.34. The molecule has 2 amide bonds. The molecule has 2 aliphatic rings. The van der Waals surface area contributed by atoms with Crippen LogP contribution in [0.25, 0.3) is 0 Å². The van der Waals surface area contributed by atoms with Gasteiger partial charge in [-0.15, -0.1) is 0 Å². The van der Waals surface area contributed by atoms with Gasteiger partial charge in [0.15, 0.2) is 0 Å². The van der Waals surface area contributed by atoms with E-state index in [1.807, 2.05) is 4.90 Å². The zero-order valence-electron chi connectivity index (χ0n) is 9.52. The van der Waals surface area contributed by atoms with Crippen molar-refractivity contribution in [2.24, 2.45) is 5.73 Å². The minimum absolute atomic E-state index is 0.00535. The highest BCUT2D eigenvalue weighted by atomic mass is 16.2. The minimum Gasteiger partial charge on any atom is -0.343 e. The second-order valence-electron chi connectivity index (χ2n) is 4.56. The van der Waals surface area contributed by atoms with E-state index in [1.54, 1.807) is 4.90 Å². The summed E-state index contributed by atoms with van der Waals surface area (Å²) in [6, 6.07) is -0.345. The molecule has 2 heterocycles. The van der Waals surface area contributed by atoms with Gasteiger partial charge >= 0.3 is 0 Å².